The Kier molecular flexibility index (Phi) is 21.9. The summed E-state index contributed by atoms with van der Waals surface area (Å²) in [6.45, 7) is 8.42. The number of hydrogen-bond acceptors (Lipinski definition) is 0. The fraction of sp³-hybridized carbons (Fsp3) is 0.875. The van der Waals surface area contributed by atoms with Crippen molar-refractivity contribution in [3.63, 3.8) is 0 Å². The van der Waals surface area contributed by atoms with Gasteiger partial charge < -0.3 is 19.3 Å². The van der Waals surface area contributed by atoms with Gasteiger partial charge >= 0.3 is 23.1 Å². The van der Waals surface area contributed by atoms with Crippen LogP contribution in [0.3, 0.4) is 0 Å². The van der Waals surface area contributed by atoms with Gasteiger partial charge in [0.2, 0.25) is 0 Å². The first-order chi connectivity index (χ1) is 3.81. The summed E-state index contributed by atoms with van der Waals surface area (Å²) < 4.78 is 0. The van der Waals surface area contributed by atoms with Gasteiger partial charge in [-0.2, -0.15) is 5.92 Å². The largest absolute Gasteiger partial charge is 2.00 e. The number of rotatable bonds is 4. The van der Waals surface area contributed by atoms with Gasteiger partial charge in [0.25, 0.3) is 0 Å². The van der Waals surface area contributed by atoms with E-state index >= 15 is 0 Å². The van der Waals surface area contributed by atoms with E-state index in [1.54, 1.807) is 0 Å². The summed E-state index contributed by atoms with van der Waals surface area (Å²) in [4.78, 5) is 0. The van der Waals surface area contributed by atoms with Crippen molar-refractivity contribution in [3.05, 3.63) is 6.92 Å². The summed E-state index contributed by atoms with van der Waals surface area (Å²) in [6, 6.07) is 0. The van der Waals surface area contributed by atoms with E-state index in [2.05, 4.69) is 20.8 Å². The first kappa shape index (κ1) is 17.2. The van der Waals surface area contributed by atoms with Gasteiger partial charge in [0, 0.05) is 0 Å². The minimum Gasteiger partial charge on any atom is -1.00 e. The average Bonchev–Trinajstić information content (AvgIpc) is 1.83. The Balaban J connectivity index is -0.000000245. The zero-order valence-electron chi connectivity index (χ0n) is 7.20. The molecule has 0 amide bonds. The molecule has 0 saturated heterocycles. The van der Waals surface area contributed by atoms with E-state index in [0.29, 0.717) is 5.92 Å². The Morgan fingerprint density at radius 3 is 2.10 bits per heavy atom. The maximum atomic E-state index is 3.99. The SMILES string of the molecule is [CH2-]C(CC)CCCC.[Cl-].[Mg+2]. The molecule has 0 aromatic rings. The van der Waals surface area contributed by atoms with E-state index in [4.69, 9.17) is 0 Å². The van der Waals surface area contributed by atoms with Crippen LogP contribution in [-0.4, -0.2) is 23.1 Å². The zero-order valence-corrected chi connectivity index (χ0v) is 9.37. The number of halogens is 1. The van der Waals surface area contributed by atoms with Gasteiger partial charge in [0.1, 0.15) is 0 Å². The molecule has 0 spiro atoms. The summed E-state index contributed by atoms with van der Waals surface area (Å²) in [5.41, 5.74) is 0. The molecule has 0 bridgehead atoms. The summed E-state index contributed by atoms with van der Waals surface area (Å²) >= 11 is 0. The van der Waals surface area contributed by atoms with Crippen LogP contribution in [0.1, 0.15) is 39.5 Å². The third-order valence-electron chi connectivity index (χ3n) is 1.54. The molecule has 0 aliphatic heterocycles. The molecule has 10 heavy (non-hydrogen) atoms. The van der Waals surface area contributed by atoms with Crippen LogP contribution in [0.15, 0.2) is 0 Å². The fourth-order valence-corrected chi connectivity index (χ4v) is 0.697. The van der Waals surface area contributed by atoms with Crippen LogP contribution in [0.4, 0.5) is 0 Å². The minimum atomic E-state index is 0. The summed E-state index contributed by atoms with van der Waals surface area (Å²) in [5, 5.41) is 0. The molecule has 0 aromatic carbocycles. The predicted octanol–water partition coefficient (Wildman–Crippen LogP) is -0.340. The van der Waals surface area contributed by atoms with Crippen molar-refractivity contribution >= 4 is 23.1 Å². The van der Waals surface area contributed by atoms with Crippen molar-refractivity contribution in [1.29, 1.82) is 0 Å². The maximum Gasteiger partial charge on any atom is 2.00 e. The third kappa shape index (κ3) is 11.8. The van der Waals surface area contributed by atoms with Crippen LogP contribution in [0.2, 0.25) is 0 Å². The van der Waals surface area contributed by atoms with Gasteiger partial charge in [-0.05, 0) is 0 Å². The molecule has 58 valence electrons. The molecule has 0 fully saturated rings. The van der Waals surface area contributed by atoms with Crippen molar-refractivity contribution < 1.29 is 12.4 Å². The third-order valence-corrected chi connectivity index (χ3v) is 1.54. The van der Waals surface area contributed by atoms with E-state index in [9.17, 15) is 0 Å². The fourth-order valence-electron chi connectivity index (χ4n) is 0.697. The maximum absolute atomic E-state index is 3.99. The molecule has 1 atom stereocenters. The van der Waals surface area contributed by atoms with Crippen LogP contribution >= 0.6 is 0 Å². The second kappa shape index (κ2) is 12.7. The molecule has 0 nitrogen and oxygen atoms in total. The van der Waals surface area contributed by atoms with Crippen molar-refractivity contribution in [2.45, 2.75) is 39.5 Å². The van der Waals surface area contributed by atoms with Gasteiger partial charge in [-0.3, -0.25) is 0 Å². The molecular weight excluding hydrogens is 156 g/mol. The topological polar surface area (TPSA) is 0 Å². The Morgan fingerprint density at radius 2 is 1.80 bits per heavy atom. The van der Waals surface area contributed by atoms with E-state index in [-0.39, 0.29) is 35.5 Å². The van der Waals surface area contributed by atoms with Crippen molar-refractivity contribution in [2.75, 3.05) is 0 Å². The zero-order chi connectivity index (χ0) is 6.41. The van der Waals surface area contributed by atoms with Crippen LogP contribution in [0.5, 0.6) is 0 Å². The van der Waals surface area contributed by atoms with E-state index < -0.39 is 0 Å². The first-order valence-corrected chi connectivity index (χ1v) is 3.64. The Labute approximate surface area is 87.7 Å². The normalized spacial score (nSPS) is 11.1. The van der Waals surface area contributed by atoms with Crippen molar-refractivity contribution in [2.24, 2.45) is 5.92 Å². The molecule has 0 rings (SSSR count). The molecule has 0 saturated carbocycles. The van der Waals surface area contributed by atoms with E-state index in [1.165, 1.54) is 25.7 Å². The predicted molar refractivity (Wildman–Crippen MR) is 44.4 cm³/mol. The second-order valence-corrected chi connectivity index (χ2v) is 2.42. The molecule has 1 unspecified atom stereocenters. The number of hydrogen-bond donors (Lipinski definition) is 0. The standard InChI is InChI=1S/C8H17.ClH.Mg/c1-4-6-7-8(3)5-2;;/h8H,3-7H2,1-2H3;1H;/q-1;;+2/p-1. The molecule has 0 aliphatic rings. The minimum absolute atomic E-state index is 0. The number of unbranched alkanes of at least 4 members (excludes halogenated alkanes) is 1. The smallest absolute Gasteiger partial charge is 1.00 e. The van der Waals surface area contributed by atoms with Crippen LogP contribution in [0.25, 0.3) is 0 Å². The van der Waals surface area contributed by atoms with Crippen LogP contribution < -0.4 is 12.4 Å². The molecule has 2 heteroatoms. The van der Waals surface area contributed by atoms with Gasteiger partial charge in [-0.1, -0.05) is 39.5 Å². The van der Waals surface area contributed by atoms with Gasteiger partial charge in [0.15, 0.2) is 0 Å². The first-order valence-electron chi connectivity index (χ1n) is 3.64. The molecule has 0 radical (unpaired) electrons. The van der Waals surface area contributed by atoms with Crippen molar-refractivity contribution in [1.82, 2.24) is 0 Å². The molecular formula is C8H17ClMg. The van der Waals surface area contributed by atoms with E-state index in [0.717, 1.165) is 0 Å². The van der Waals surface area contributed by atoms with Crippen molar-refractivity contribution in [3.8, 4) is 0 Å². The quantitative estimate of drug-likeness (QED) is 0.403. The molecule has 0 aliphatic carbocycles. The van der Waals surface area contributed by atoms with E-state index in [1.807, 2.05) is 0 Å². The van der Waals surface area contributed by atoms with Gasteiger partial charge in [0.05, 0.1) is 0 Å². The Bertz CT molecular complexity index is 48.5. The monoisotopic (exact) mass is 172 g/mol. The summed E-state index contributed by atoms with van der Waals surface area (Å²) in [7, 11) is 0. The Morgan fingerprint density at radius 1 is 1.30 bits per heavy atom. The molecule has 0 heterocycles. The summed E-state index contributed by atoms with van der Waals surface area (Å²) in [6.07, 6.45) is 5.21. The van der Waals surface area contributed by atoms with Gasteiger partial charge in [-0.15, -0.1) is 0 Å². The average molecular weight is 173 g/mol. The molecule has 0 N–H and O–H groups in total. The van der Waals surface area contributed by atoms with Gasteiger partial charge in [-0.25, -0.2) is 0 Å². The second-order valence-electron chi connectivity index (χ2n) is 2.42. The van der Waals surface area contributed by atoms with Crippen LogP contribution in [-0.2, 0) is 0 Å². The summed E-state index contributed by atoms with van der Waals surface area (Å²) in [5.74, 6) is 0.704. The molecule has 0 aromatic heterocycles. The Hall–Kier alpha value is 1.06. The van der Waals surface area contributed by atoms with Crippen LogP contribution in [0, 0.1) is 12.8 Å².